The molecule has 0 aliphatic heterocycles. The van der Waals surface area contributed by atoms with E-state index in [2.05, 4.69) is 17.4 Å². The molecule has 6 heteroatoms. The molecular formula is C14H16N2O3S. The van der Waals surface area contributed by atoms with Crippen LogP contribution < -0.4 is 5.32 Å². The topological polar surface area (TPSA) is 72.2 Å². The third-order valence-corrected chi connectivity index (χ3v) is 5.33. The molecule has 0 saturated heterocycles. The average Bonchev–Trinajstić information content (AvgIpc) is 3.32. The highest BCUT2D eigenvalue weighted by molar-refractivity contribution is 8.01. The van der Waals surface area contributed by atoms with Crippen molar-refractivity contribution >= 4 is 17.7 Å². The van der Waals surface area contributed by atoms with Gasteiger partial charge < -0.3 is 5.32 Å². The minimum absolute atomic E-state index is 0.0933. The average molecular weight is 292 g/mol. The molecule has 0 radical (unpaired) electrons. The Hall–Kier alpha value is -1.56. The number of hydrogen-bond acceptors (Lipinski definition) is 4. The van der Waals surface area contributed by atoms with E-state index in [1.807, 2.05) is 18.2 Å². The van der Waals surface area contributed by atoms with Crippen LogP contribution in [0.25, 0.3) is 0 Å². The maximum absolute atomic E-state index is 11.8. The molecule has 1 N–H and O–H groups in total. The third-order valence-electron chi connectivity index (χ3n) is 3.83. The van der Waals surface area contributed by atoms with Crippen LogP contribution in [0.4, 0.5) is 0 Å². The molecule has 0 bridgehead atoms. The molecular weight excluding hydrogens is 276 g/mol. The lowest BCUT2D eigenvalue weighted by Gasteiger charge is -2.15. The van der Waals surface area contributed by atoms with Gasteiger partial charge in [-0.2, -0.15) is 0 Å². The SMILES string of the molecule is O=C(NCC1(Sc2ccccc2)CC1)[C@@H]1C[C@H]1[N+](=O)[O-]. The summed E-state index contributed by atoms with van der Waals surface area (Å²) in [4.78, 5) is 23.2. The van der Waals surface area contributed by atoms with Crippen LogP contribution in [0.3, 0.4) is 0 Å². The number of nitrogens with zero attached hydrogens (tertiary/aromatic N) is 1. The van der Waals surface area contributed by atoms with Gasteiger partial charge >= 0.3 is 0 Å². The number of benzene rings is 1. The Morgan fingerprint density at radius 3 is 2.65 bits per heavy atom. The van der Waals surface area contributed by atoms with Crippen LogP contribution in [0.1, 0.15) is 19.3 Å². The molecule has 2 fully saturated rings. The predicted octanol–water partition coefficient (Wildman–Crippen LogP) is 2.09. The third kappa shape index (κ3) is 2.95. The second-order valence-corrected chi connectivity index (χ2v) is 7.05. The van der Waals surface area contributed by atoms with Crippen LogP contribution in [-0.2, 0) is 4.79 Å². The molecule has 0 unspecified atom stereocenters. The zero-order valence-electron chi connectivity index (χ0n) is 11.0. The van der Waals surface area contributed by atoms with Crippen LogP contribution in [-0.4, -0.2) is 28.2 Å². The number of thioether (sulfide) groups is 1. The Morgan fingerprint density at radius 2 is 2.10 bits per heavy atom. The normalized spacial score (nSPS) is 25.8. The number of carbonyl (C=O) groups excluding carboxylic acids is 1. The van der Waals surface area contributed by atoms with Crippen LogP contribution in [0.5, 0.6) is 0 Å². The molecule has 0 aromatic heterocycles. The first-order chi connectivity index (χ1) is 9.60. The molecule has 1 amide bonds. The van der Waals surface area contributed by atoms with Crippen molar-refractivity contribution in [3.8, 4) is 0 Å². The molecule has 2 aliphatic rings. The zero-order chi connectivity index (χ0) is 14.2. The largest absolute Gasteiger partial charge is 0.354 e. The molecule has 2 aliphatic carbocycles. The molecule has 0 heterocycles. The highest BCUT2D eigenvalue weighted by Crippen LogP contribution is 2.51. The van der Waals surface area contributed by atoms with Gasteiger partial charge in [0.15, 0.2) is 0 Å². The van der Waals surface area contributed by atoms with Crippen LogP contribution in [0.15, 0.2) is 35.2 Å². The summed E-state index contributed by atoms with van der Waals surface area (Å²) in [5.41, 5.74) is 0. The van der Waals surface area contributed by atoms with E-state index in [0.29, 0.717) is 13.0 Å². The van der Waals surface area contributed by atoms with Crippen molar-refractivity contribution in [2.45, 2.75) is 34.9 Å². The Kier molecular flexibility index (Phi) is 3.41. The van der Waals surface area contributed by atoms with E-state index < -0.39 is 12.0 Å². The summed E-state index contributed by atoms with van der Waals surface area (Å²) in [7, 11) is 0. The Morgan fingerprint density at radius 1 is 1.40 bits per heavy atom. The lowest BCUT2D eigenvalue weighted by molar-refractivity contribution is -0.497. The summed E-state index contributed by atoms with van der Waals surface area (Å²) in [6.45, 7) is 0.604. The highest BCUT2D eigenvalue weighted by atomic mass is 32.2. The second kappa shape index (κ2) is 5.09. The summed E-state index contributed by atoms with van der Waals surface area (Å²) in [5, 5.41) is 13.4. The van der Waals surface area contributed by atoms with E-state index in [4.69, 9.17) is 0 Å². The van der Waals surface area contributed by atoms with E-state index in [9.17, 15) is 14.9 Å². The van der Waals surface area contributed by atoms with Crippen molar-refractivity contribution in [3.63, 3.8) is 0 Å². The zero-order valence-corrected chi connectivity index (χ0v) is 11.8. The van der Waals surface area contributed by atoms with Crippen LogP contribution in [0.2, 0.25) is 0 Å². The monoisotopic (exact) mass is 292 g/mol. The van der Waals surface area contributed by atoms with Gasteiger partial charge in [-0.25, -0.2) is 0 Å². The molecule has 0 spiro atoms. The lowest BCUT2D eigenvalue weighted by Crippen LogP contribution is -2.34. The van der Waals surface area contributed by atoms with Crippen molar-refractivity contribution in [2.75, 3.05) is 6.54 Å². The van der Waals surface area contributed by atoms with Gasteiger partial charge in [0.2, 0.25) is 11.9 Å². The molecule has 2 saturated carbocycles. The summed E-state index contributed by atoms with van der Waals surface area (Å²) >= 11 is 1.79. The number of hydrogen-bond donors (Lipinski definition) is 1. The van der Waals surface area contributed by atoms with Gasteiger partial charge in [-0.1, -0.05) is 18.2 Å². The van der Waals surface area contributed by atoms with E-state index >= 15 is 0 Å². The van der Waals surface area contributed by atoms with E-state index in [1.54, 1.807) is 11.8 Å². The standard InChI is InChI=1S/C14H16N2O3S/c17-13(11-8-12(11)16(18)19)15-9-14(6-7-14)20-10-4-2-1-3-5-10/h1-5,11-12H,6-9H2,(H,15,17)/t11-,12-/m1/s1. The first kappa shape index (κ1) is 13.4. The van der Waals surface area contributed by atoms with Crippen molar-refractivity contribution in [3.05, 3.63) is 40.4 Å². The first-order valence-corrected chi connectivity index (χ1v) is 7.57. The van der Waals surface area contributed by atoms with Gasteiger partial charge in [0.05, 0.1) is 0 Å². The Balaban J connectivity index is 1.49. The number of amides is 1. The number of nitrogens with one attached hydrogen (secondary N) is 1. The predicted molar refractivity (Wildman–Crippen MR) is 76.2 cm³/mol. The molecule has 2 atom stereocenters. The highest BCUT2D eigenvalue weighted by Gasteiger charge is 2.54. The van der Waals surface area contributed by atoms with Crippen LogP contribution in [0, 0.1) is 16.0 Å². The minimum atomic E-state index is -0.660. The lowest BCUT2D eigenvalue weighted by atomic mass is 10.3. The molecule has 3 rings (SSSR count). The number of rotatable bonds is 6. The first-order valence-electron chi connectivity index (χ1n) is 6.75. The van der Waals surface area contributed by atoms with Crippen molar-refractivity contribution in [1.82, 2.24) is 5.32 Å². The van der Waals surface area contributed by atoms with E-state index in [-0.39, 0.29) is 15.6 Å². The van der Waals surface area contributed by atoms with Gasteiger partial charge in [-0.3, -0.25) is 14.9 Å². The molecule has 106 valence electrons. The Bertz CT molecular complexity index is 530. The maximum atomic E-state index is 11.8. The fourth-order valence-corrected chi connectivity index (χ4v) is 3.51. The second-order valence-electron chi connectivity index (χ2n) is 5.51. The van der Waals surface area contributed by atoms with Crippen molar-refractivity contribution < 1.29 is 9.72 Å². The summed E-state index contributed by atoms with van der Waals surface area (Å²) in [5.74, 6) is -0.575. The summed E-state index contributed by atoms with van der Waals surface area (Å²) < 4.78 is 0.0933. The van der Waals surface area contributed by atoms with E-state index in [0.717, 1.165) is 12.8 Å². The number of nitro groups is 1. The molecule has 5 nitrogen and oxygen atoms in total. The van der Waals surface area contributed by atoms with Crippen molar-refractivity contribution in [2.24, 2.45) is 5.92 Å². The van der Waals surface area contributed by atoms with Gasteiger partial charge in [0.25, 0.3) is 0 Å². The Labute approximate surface area is 121 Å². The number of carbonyl (C=O) groups is 1. The maximum Gasteiger partial charge on any atom is 0.230 e. The fraction of sp³-hybridized carbons (Fsp3) is 0.500. The molecule has 1 aromatic carbocycles. The minimum Gasteiger partial charge on any atom is -0.354 e. The van der Waals surface area contributed by atoms with Crippen molar-refractivity contribution in [1.29, 1.82) is 0 Å². The van der Waals surface area contributed by atoms with Crippen LogP contribution >= 0.6 is 11.8 Å². The van der Waals surface area contributed by atoms with Gasteiger partial charge in [0, 0.05) is 27.5 Å². The fourth-order valence-electron chi connectivity index (χ4n) is 2.27. The summed E-state index contributed by atoms with van der Waals surface area (Å²) in [6.07, 6.45) is 2.55. The smallest absolute Gasteiger partial charge is 0.230 e. The molecule has 1 aromatic rings. The van der Waals surface area contributed by atoms with Gasteiger partial charge in [-0.05, 0) is 25.0 Å². The van der Waals surface area contributed by atoms with E-state index in [1.165, 1.54) is 4.90 Å². The van der Waals surface area contributed by atoms with Gasteiger partial charge in [0.1, 0.15) is 5.92 Å². The molecule has 20 heavy (non-hydrogen) atoms. The van der Waals surface area contributed by atoms with Gasteiger partial charge in [-0.15, -0.1) is 11.8 Å². The quantitative estimate of drug-likeness (QED) is 0.643. The summed E-state index contributed by atoms with van der Waals surface area (Å²) in [6, 6.07) is 9.46.